The summed E-state index contributed by atoms with van der Waals surface area (Å²) in [6, 6.07) is 3.18. The largest absolute Gasteiger partial charge is 0.462 e. The minimum atomic E-state index is -3.49. The van der Waals surface area contributed by atoms with E-state index >= 15 is 0 Å². The van der Waals surface area contributed by atoms with E-state index in [-0.39, 0.29) is 29.0 Å². The molecule has 1 amide bonds. The van der Waals surface area contributed by atoms with Crippen molar-refractivity contribution in [2.45, 2.75) is 31.5 Å². The quantitative estimate of drug-likeness (QED) is 0.676. The maximum atomic E-state index is 12.5. The van der Waals surface area contributed by atoms with Gasteiger partial charge in [-0.2, -0.15) is 0 Å². The van der Waals surface area contributed by atoms with Crippen LogP contribution in [0.3, 0.4) is 0 Å². The predicted molar refractivity (Wildman–Crippen MR) is 103 cm³/mol. The third kappa shape index (κ3) is 4.40. The molecule has 2 aromatic heterocycles. The van der Waals surface area contributed by atoms with Crippen LogP contribution in [0.4, 0.5) is 0 Å². The Kier molecular flexibility index (Phi) is 6.45. The number of aryl methyl sites for hydroxylation is 1. The molecule has 8 nitrogen and oxygen atoms in total. The van der Waals surface area contributed by atoms with Crippen molar-refractivity contribution < 1.29 is 22.7 Å². The molecule has 2 heterocycles. The van der Waals surface area contributed by atoms with Crippen molar-refractivity contribution in [2.75, 3.05) is 20.7 Å². The van der Waals surface area contributed by atoms with Gasteiger partial charge in [-0.3, -0.25) is 4.79 Å². The lowest BCUT2D eigenvalue weighted by Gasteiger charge is -2.08. The van der Waals surface area contributed by atoms with Gasteiger partial charge in [0.05, 0.1) is 18.7 Å². The third-order valence-electron chi connectivity index (χ3n) is 3.94. The fraction of sp³-hybridized carbons (Fsp3) is 0.412. The summed E-state index contributed by atoms with van der Waals surface area (Å²) in [7, 11) is -0.557. The second kappa shape index (κ2) is 8.24. The zero-order valence-corrected chi connectivity index (χ0v) is 17.5. The molecule has 0 bridgehead atoms. The number of hydrogen-bond acceptors (Lipinski definition) is 6. The first kappa shape index (κ1) is 21.1. The molecular formula is C17H23N3O5S2. The average molecular weight is 414 g/mol. The molecule has 10 heteroatoms. The number of hydrogen-bond donors (Lipinski definition) is 2. The number of aromatic nitrogens is 1. The molecule has 0 aromatic carbocycles. The zero-order valence-electron chi connectivity index (χ0n) is 15.9. The monoisotopic (exact) mass is 413 g/mol. The van der Waals surface area contributed by atoms with Gasteiger partial charge >= 0.3 is 5.97 Å². The molecule has 0 saturated carbocycles. The third-order valence-corrected chi connectivity index (χ3v) is 7.31. The van der Waals surface area contributed by atoms with Gasteiger partial charge < -0.3 is 15.0 Å². The minimum Gasteiger partial charge on any atom is -0.462 e. The maximum absolute atomic E-state index is 12.5. The summed E-state index contributed by atoms with van der Waals surface area (Å²) >= 11 is 1.10. The number of ether oxygens (including phenoxy) is 1. The van der Waals surface area contributed by atoms with Gasteiger partial charge in [0.15, 0.2) is 0 Å². The van der Waals surface area contributed by atoms with Gasteiger partial charge in [0.25, 0.3) is 15.9 Å². The van der Waals surface area contributed by atoms with Crippen LogP contribution < -0.4 is 5.32 Å². The highest BCUT2D eigenvalue weighted by Crippen LogP contribution is 2.24. The summed E-state index contributed by atoms with van der Waals surface area (Å²) in [5, 5.41) is 2.74. The Morgan fingerprint density at radius 3 is 2.52 bits per heavy atom. The number of nitrogens with zero attached hydrogens (tertiary/aromatic N) is 1. The summed E-state index contributed by atoms with van der Waals surface area (Å²) < 4.78 is 30.6. The first-order valence-electron chi connectivity index (χ1n) is 8.25. The van der Waals surface area contributed by atoms with E-state index in [2.05, 4.69) is 10.3 Å². The Morgan fingerprint density at radius 1 is 1.26 bits per heavy atom. The van der Waals surface area contributed by atoms with Crippen LogP contribution in [-0.4, -0.2) is 50.3 Å². The van der Waals surface area contributed by atoms with E-state index in [0.717, 1.165) is 15.6 Å². The number of thiophene rings is 1. The number of carbonyl (C=O) groups is 2. The molecule has 2 aromatic rings. The fourth-order valence-corrected chi connectivity index (χ4v) is 4.98. The van der Waals surface area contributed by atoms with Crippen molar-refractivity contribution in [2.24, 2.45) is 0 Å². The van der Waals surface area contributed by atoms with Crippen molar-refractivity contribution >= 4 is 33.2 Å². The summed E-state index contributed by atoms with van der Waals surface area (Å²) in [4.78, 5) is 28.1. The topological polar surface area (TPSA) is 109 Å². The van der Waals surface area contributed by atoms with Crippen LogP contribution in [-0.2, 0) is 21.3 Å². The van der Waals surface area contributed by atoms with E-state index in [9.17, 15) is 18.0 Å². The lowest BCUT2D eigenvalue weighted by atomic mass is 10.1. The number of esters is 1. The van der Waals surface area contributed by atoms with Gasteiger partial charge in [0.1, 0.15) is 9.90 Å². The molecular weight excluding hydrogens is 390 g/mol. The smallest absolute Gasteiger partial charge is 0.340 e. The maximum Gasteiger partial charge on any atom is 0.340 e. The molecule has 0 unspecified atom stereocenters. The second-order valence-electron chi connectivity index (χ2n) is 6.04. The van der Waals surface area contributed by atoms with Crippen molar-refractivity contribution in [1.29, 1.82) is 0 Å². The highest BCUT2D eigenvalue weighted by Gasteiger charge is 2.23. The van der Waals surface area contributed by atoms with Crippen molar-refractivity contribution in [3.8, 4) is 0 Å². The van der Waals surface area contributed by atoms with E-state index < -0.39 is 16.0 Å². The van der Waals surface area contributed by atoms with Crippen LogP contribution in [0.1, 0.15) is 43.9 Å². The van der Waals surface area contributed by atoms with E-state index in [1.54, 1.807) is 26.8 Å². The fourth-order valence-electron chi connectivity index (χ4n) is 2.51. The lowest BCUT2D eigenvalue weighted by Crippen LogP contribution is -2.23. The van der Waals surface area contributed by atoms with Crippen LogP contribution >= 0.6 is 11.3 Å². The van der Waals surface area contributed by atoms with Crippen LogP contribution in [0, 0.1) is 13.8 Å². The Morgan fingerprint density at radius 2 is 1.93 bits per heavy atom. The number of aromatic amines is 1. The molecule has 0 fully saturated rings. The molecule has 0 aliphatic rings. The van der Waals surface area contributed by atoms with Gasteiger partial charge in [-0.15, -0.1) is 11.3 Å². The number of rotatable bonds is 7. The number of amides is 1. The van der Waals surface area contributed by atoms with Gasteiger partial charge in [0, 0.05) is 24.7 Å². The van der Waals surface area contributed by atoms with E-state index in [4.69, 9.17) is 4.74 Å². The summed E-state index contributed by atoms with van der Waals surface area (Å²) in [6.45, 7) is 5.53. The van der Waals surface area contributed by atoms with Crippen LogP contribution in [0.15, 0.2) is 16.3 Å². The molecule has 2 rings (SSSR count). The van der Waals surface area contributed by atoms with E-state index in [1.165, 1.54) is 20.2 Å². The highest BCUT2D eigenvalue weighted by atomic mass is 32.2. The number of carbonyl (C=O) groups excluding carboxylic acids is 2. The Balaban J connectivity index is 2.12. The molecule has 0 atom stereocenters. The average Bonchev–Trinajstić information content (AvgIpc) is 3.17. The van der Waals surface area contributed by atoms with Crippen molar-refractivity contribution in [3.63, 3.8) is 0 Å². The molecule has 0 aliphatic carbocycles. The van der Waals surface area contributed by atoms with Gasteiger partial charge in [-0.1, -0.05) is 0 Å². The van der Waals surface area contributed by atoms with Gasteiger partial charge in [0.2, 0.25) is 0 Å². The van der Waals surface area contributed by atoms with Crippen molar-refractivity contribution in [3.05, 3.63) is 39.5 Å². The summed E-state index contributed by atoms with van der Waals surface area (Å²) in [6.07, 6.45) is 0. The standard InChI is InChI=1S/C17H23N3O5S2/c1-6-25-17(22)14-10(2)15(19-11(14)3)16(21)18-9-12-7-8-13(26-12)27(23,24)20(4)5/h7-8,19H,6,9H2,1-5H3,(H,18,21). The Hall–Kier alpha value is -2.17. The summed E-state index contributed by atoms with van der Waals surface area (Å²) in [5.74, 6) is -0.851. The SMILES string of the molecule is CCOC(=O)c1c(C)[nH]c(C(=O)NCc2ccc(S(=O)(=O)N(C)C)s2)c1C. The number of nitrogens with one attached hydrogen (secondary N) is 2. The normalized spacial score (nSPS) is 11.6. The van der Waals surface area contributed by atoms with Crippen LogP contribution in [0.25, 0.3) is 0 Å². The molecule has 27 heavy (non-hydrogen) atoms. The summed E-state index contributed by atoms with van der Waals surface area (Å²) in [5.41, 5.74) is 1.72. The lowest BCUT2D eigenvalue weighted by molar-refractivity contribution is 0.0525. The number of sulfonamides is 1. The number of H-pyrrole nitrogens is 1. The van der Waals surface area contributed by atoms with Gasteiger partial charge in [-0.25, -0.2) is 17.5 Å². The highest BCUT2D eigenvalue weighted by molar-refractivity contribution is 7.91. The van der Waals surface area contributed by atoms with Crippen molar-refractivity contribution in [1.82, 2.24) is 14.6 Å². The molecule has 0 saturated heterocycles. The Labute approximate surface area is 162 Å². The van der Waals surface area contributed by atoms with Crippen LogP contribution in [0.5, 0.6) is 0 Å². The Bertz CT molecular complexity index is 957. The predicted octanol–water partition coefficient (Wildman–Crippen LogP) is 2.05. The minimum absolute atomic E-state index is 0.179. The first-order chi connectivity index (χ1) is 12.6. The molecule has 0 spiro atoms. The van der Waals surface area contributed by atoms with E-state index in [1.807, 2.05) is 0 Å². The molecule has 148 valence electrons. The van der Waals surface area contributed by atoms with Crippen LogP contribution in [0.2, 0.25) is 0 Å². The second-order valence-corrected chi connectivity index (χ2v) is 9.58. The molecule has 2 N–H and O–H groups in total. The zero-order chi connectivity index (χ0) is 20.4. The first-order valence-corrected chi connectivity index (χ1v) is 10.5. The molecule has 0 aliphatic heterocycles. The molecule has 0 radical (unpaired) electrons. The van der Waals surface area contributed by atoms with Gasteiger partial charge in [-0.05, 0) is 38.5 Å². The van der Waals surface area contributed by atoms with E-state index in [0.29, 0.717) is 21.7 Å².